The van der Waals surface area contributed by atoms with E-state index in [4.69, 9.17) is 13.6 Å². The van der Waals surface area contributed by atoms with E-state index in [1.54, 1.807) is 12.1 Å². The second kappa shape index (κ2) is 7.43. The monoisotopic (exact) mass is 618 g/mol. The molecule has 20 heavy (non-hydrogen) atoms. The third-order valence-electron chi connectivity index (χ3n) is 2.39. The van der Waals surface area contributed by atoms with Crippen LogP contribution in [0.5, 0.6) is 5.75 Å². The smallest absolute Gasteiger partial charge is 0.403 e. The Bertz CT molecular complexity index is 539. The third kappa shape index (κ3) is 4.31. The molecular weight excluding hydrogens is 615 g/mol. The summed E-state index contributed by atoms with van der Waals surface area (Å²) in [5.41, 5.74) is 0. The van der Waals surface area contributed by atoms with Gasteiger partial charge in [0, 0.05) is 8.95 Å². The van der Waals surface area contributed by atoms with Crippen molar-refractivity contribution in [1.29, 1.82) is 0 Å². The molecule has 1 aromatic carbocycles. The van der Waals surface area contributed by atoms with Crippen LogP contribution in [0.3, 0.4) is 0 Å². The zero-order valence-corrected chi connectivity index (χ0v) is 18.5. The SMILES string of the molecule is O=P1(Oc2ccc(Br)c(Br)c2Br)OCC(Br)C(Br)CO1. The van der Waals surface area contributed by atoms with Crippen molar-refractivity contribution < 1.29 is 18.1 Å². The van der Waals surface area contributed by atoms with E-state index >= 15 is 0 Å². The molecule has 1 fully saturated rings. The van der Waals surface area contributed by atoms with Crippen LogP contribution in [0.2, 0.25) is 0 Å². The second-order valence-electron chi connectivity index (χ2n) is 3.84. The molecule has 1 heterocycles. The Kier molecular flexibility index (Phi) is 6.65. The molecule has 1 aromatic rings. The molecular formula is C10H8Br5O4P. The van der Waals surface area contributed by atoms with E-state index in [0.29, 0.717) is 10.2 Å². The van der Waals surface area contributed by atoms with Gasteiger partial charge < -0.3 is 4.52 Å². The standard InChI is InChI=1S/C10H8Br5O4P/c11-5-1-2-8(10(15)9(5)14)19-20(16)17-3-6(12)7(13)4-18-20/h1-2,6-7H,3-4H2. The Labute approximate surface area is 158 Å². The Morgan fingerprint density at radius 3 is 2.15 bits per heavy atom. The fourth-order valence-electron chi connectivity index (χ4n) is 1.32. The summed E-state index contributed by atoms with van der Waals surface area (Å²) in [5.74, 6) is 0.377. The lowest BCUT2D eigenvalue weighted by Crippen LogP contribution is -2.19. The number of phosphoric acid groups is 1. The lowest BCUT2D eigenvalue weighted by molar-refractivity contribution is 0.183. The maximum atomic E-state index is 12.5. The van der Waals surface area contributed by atoms with Crippen LogP contribution in [0.1, 0.15) is 0 Å². The van der Waals surface area contributed by atoms with Gasteiger partial charge in [-0.15, -0.1) is 0 Å². The van der Waals surface area contributed by atoms with Crippen molar-refractivity contribution in [3.8, 4) is 5.75 Å². The van der Waals surface area contributed by atoms with Crippen LogP contribution in [-0.4, -0.2) is 22.9 Å². The molecule has 0 N–H and O–H groups in total. The average Bonchev–Trinajstić information content (AvgIpc) is 2.54. The van der Waals surface area contributed by atoms with Crippen molar-refractivity contribution in [2.45, 2.75) is 9.65 Å². The van der Waals surface area contributed by atoms with Crippen molar-refractivity contribution in [2.24, 2.45) is 0 Å². The summed E-state index contributed by atoms with van der Waals surface area (Å²) in [7, 11) is -3.64. The quantitative estimate of drug-likeness (QED) is 0.230. The Hall–Kier alpha value is 1.57. The van der Waals surface area contributed by atoms with E-state index in [1.165, 1.54) is 0 Å². The first-order valence-corrected chi connectivity index (χ1v) is 11.0. The van der Waals surface area contributed by atoms with Gasteiger partial charge in [0.2, 0.25) is 0 Å². The average molecular weight is 623 g/mol. The van der Waals surface area contributed by atoms with E-state index in [2.05, 4.69) is 79.6 Å². The van der Waals surface area contributed by atoms with Gasteiger partial charge in [0.15, 0.2) is 0 Å². The predicted octanol–water partition coefficient (Wildman–Crippen LogP) is 6.03. The predicted molar refractivity (Wildman–Crippen MR) is 95.1 cm³/mol. The van der Waals surface area contributed by atoms with E-state index < -0.39 is 7.82 Å². The summed E-state index contributed by atoms with van der Waals surface area (Å²) >= 11 is 17.0. The van der Waals surface area contributed by atoms with Gasteiger partial charge in [0.1, 0.15) is 5.75 Å². The Balaban J connectivity index is 2.21. The van der Waals surface area contributed by atoms with Gasteiger partial charge in [-0.25, -0.2) is 4.57 Å². The van der Waals surface area contributed by atoms with Crippen molar-refractivity contribution in [2.75, 3.05) is 13.2 Å². The zero-order chi connectivity index (χ0) is 14.9. The minimum atomic E-state index is -3.64. The van der Waals surface area contributed by atoms with Gasteiger partial charge in [-0.1, -0.05) is 31.9 Å². The molecule has 0 radical (unpaired) electrons. The van der Waals surface area contributed by atoms with Gasteiger partial charge >= 0.3 is 7.82 Å². The molecule has 0 spiro atoms. The topological polar surface area (TPSA) is 44.8 Å². The van der Waals surface area contributed by atoms with Gasteiger partial charge in [-0.05, 0) is 59.9 Å². The molecule has 2 unspecified atom stereocenters. The minimum Gasteiger partial charge on any atom is -0.403 e. The van der Waals surface area contributed by atoms with Crippen molar-refractivity contribution in [3.63, 3.8) is 0 Å². The molecule has 0 aromatic heterocycles. The van der Waals surface area contributed by atoms with E-state index in [1.807, 2.05) is 0 Å². The highest BCUT2D eigenvalue weighted by molar-refractivity contribution is 9.14. The first-order valence-electron chi connectivity index (χ1n) is 5.33. The molecule has 1 aliphatic rings. The third-order valence-corrected chi connectivity index (χ3v) is 9.59. The van der Waals surface area contributed by atoms with E-state index in [9.17, 15) is 4.57 Å². The Morgan fingerprint density at radius 1 is 1.05 bits per heavy atom. The van der Waals surface area contributed by atoms with Crippen molar-refractivity contribution >= 4 is 87.5 Å². The van der Waals surface area contributed by atoms with Gasteiger partial charge in [0.25, 0.3) is 0 Å². The summed E-state index contributed by atoms with van der Waals surface area (Å²) in [6.07, 6.45) is 0. The van der Waals surface area contributed by atoms with Crippen LogP contribution in [-0.2, 0) is 13.6 Å². The molecule has 4 nitrogen and oxygen atoms in total. The van der Waals surface area contributed by atoms with Crippen molar-refractivity contribution in [1.82, 2.24) is 0 Å². The molecule has 2 rings (SSSR count). The summed E-state index contributed by atoms with van der Waals surface area (Å²) < 4.78 is 30.8. The van der Waals surface area contributed by atoms with E-state index in [0.717, 1.165) is 8.95 Å². The van der Waals surface area contributed by atoms with Gasteiger partial charge in [-0.3, -0.25) is 9.05 Å². The van der Waals surface area contributed by atoms with Crippen LogP contribution in [0, 0.1) is 0 Å². The van der Waals surface area contributed by atoms with Crippen LogP contribution in [0.4, 0.5) is 0 Å². The second-order valence-corrected chi connectivity index (χ2v) is 10.2. The highest BCUT2D eigenvalue weighted by Gasteiger charge is 2.36. The Morgan fingerprint density at radius 2 is 1.60 bits per heavy atom. The minimum absolute atomic E-state index is 0.00187. The first kappa shape index (κ1) is 17.9. The molecule has 0 bridgehead atoms. The lowest BCUT2D eigenvalue weighted by Gasteiger charge is -2.17. The normalized spacial score (nSPS) is 30.9. The number of phosphoric ester groups is 1. The molecule has 0 aliphatic carbocycles. The number of hydrogen-bond acceptors (Lipinski definition) is 4. The number of hydrogen-bond donors (Lipinski definition) is 0. The van der Waals surface area contributed by atoms with Crippen LogP contribution < -0.4 is 4.52 Å². The number of benzene rings is 1. The number of rotatable bonds is 2. The molecule has 0 saturated carbocycles. The maximum absolute atomic E-state index is 12.5. The summed E-state index contributed by atoms with van der Waals surface area (Å²) in [6.45, 7) is 0.449. The number of halogens is 5. The lowest BCUT2D eigenvalue weighted by atomic mass is 10.3. The molecule has 0 amide bonds. The fraction of sp³-hybridized carbons (Fsp3) is 0.400. The highest BCUT2D eigenvalue weighted by Crippen LogP contribution is 2.54. The van der Waals surface area contributed by atoms with Crippen LogP contribution >= 0.6 is 87.5 Å². The molecule has 1 saturated heterocycles. The fourth-order valence-corrected chi connectivity index (χ4v) is 5.04. The summed E-state index contributed by atoms with van der Waals surface area (Å²) in [5, 5.41) is 0. The van der Waals surface area contributed by atoms with E-state index in [-0.39, 0.29) is 22.9 Å². The van der Waals surface area contributed by atoms with Crippen LogP contribution in [0.25, 0.3) is 0 Å². The first-order chi connectivity index (χ1) is 9.32. The van der Waals surface area contributed by atoms with Crippen LogP contribution in [0.15, 0.2) is 25.6 Å². The summed E-state index contributed by atoms with van der Waals surface area (Å²) in [4.78, 5) is 0.00374. The molecule has 2 atom stereocenters. The number of alkyl halides is 2. The largest absolute Gasteiger partial charge is 0.530 e. The molecule has 1 aliphatic heterocycles. The van der Waals surface area contributed by atoms with Gasteiger partial charge in [0.05, 0.1) is 27.3 Å². The maximum Gasteiger partial charge on any atom is 0.530 e. The molecule has 10 heteroatoms. The summed E-state index contributed by atoms with van der Waals surface area (Å²) in [6, 6.07) is 3.45. The zero-order valence-electron chi connectivity index (χ0n) is 9.69. The molecule has 112 valence electrons. The van der Waals surface area contributed by atoms with Gasteiger partial charge in [-0.2, -0.15) is 0 Å². The van der Waals surface area contributed by atoms with Crippen molar-refractivity contribution in [3.05, 3.63) is 25.6 Å². The highest BCUT2D eigenvalue weighted by atomic mass is 79.9.